The predicted molar refractivity (Wildman–Crippen MR) is 209 cm³/mol. The monoisotopic (exact) mass is 759 g/mol. The van der Waals surface area contributed by atoms with Crippen LogP contribution in [0.2, 0.25) is 0 Å². The summed E-state index contributed by atoms with van der Waals surface area (Å²) in [6.45, 7) is 2.42. The Morgan fingerprint density at radius 1 is 0.709 bits per heavy atom. The summed E-state index contributed by atoms with van der Waals surface area (Å²) in [6.07, 6.45) is 10.2. The first kappa shape index (κ1) is 44.0. The van der Waals surface area contributed by atoms with Crippen molar-refractivity contribution in [2.45, 2.75) is 102 Å². The first-order valence-corrected chi connectivity index (χ1v) is 19.3. The molecule has 2 aromatic carbocycles. The highest BCUT2D eigenvalue weighted by atomic mass is 16.2. The molecule has 3 unspecified atom stereocenters. The minimum Gasteiger partial charge on any atom is -0.368 e. The number of primary amides is 1. The van der Waals surface area contributed by atoms with Gasteiger partial charge in [0.05, 0.1) is 6.54 Å². The van der Waals surface area contributed by atoms with Crippen molar-refractivity contribution in [1.82, 2.24) is 26.6 Å². The smallest absolute Gasteiger partial charge is 0.244 e. The fourth-order valence-corrected chi connectivity index (χ4v) is 6.40. The van der Waals surface area contributed by atoms with Crippen molar-refractivity contribution in [2.24, 2.45) is 17.4 Å². The number of nitrogens with one attached hydrogen (secondary N) is 5. The number of nitrogens with two attached hydrogens (primary N) is 2. The molecule has 0 heterocycles. The summed E-state index contributed by atoms with van der Waals surface area (Å²) in [4.78, 5) is 90.1. The van der Waals surface area contributed by atoms with Crippen LogP contribution in [0.5, 0.6) is 0 Å². The van der Waals surface area contributed by atoms with Gasteiger partial charge in [-0.15, -0.1) is 0 Å². The zero-order chi connectivity index (χ0) is 40.0. The van der Waals surface area contributed by atoms with Gasteiger partial charge < -0.3 is 38.1 Å². The maximum Gasteiger partial charge on any atom is 0.244 e. The van der Waals surface area contributed by atoms with E-state index in [0.29, 0.717) is 43.5 Å². The molecule has 1 aliphatic rings. The van der Waals surface area contributed by atoms with Crippen LogP contribution in [-0.2, 0) is 35.2 Å². The maximum atomic E-state index is 14.1. The van der Waals surface area contributed by atoms with Crippen LogP contribution < -0.4 is 38.1 Å². The molecule has 6 amide bonds. The number of amides is 6. The van der Waals surface area contributed by atoms with E-state index >= 15 is 0 Å². The van der Waals surface area contributed by atoms with Crippen LogP contribution in [0.25, 0.3) is 0 Å². The molecule has 2 aromatic rings. The highest BCUT2D eigenvalue weighted by Gasteiger charge is 2.32. The number of carbonyl (C=O) groups is 7. The zero-order valence-electron chi connectivity index (χ0n) is 31.8. The van der Waals surface area contributed by atoms with E-state index in [9.17, 15) is 33.6 Å². The van der Waals surface area contributed by atoms with E-state index in [4.69, 9.17) is 11.5 Å². The number of carbonyl (C=O) groups excluding carboxylic acids is 7. The number of rotatable bonds is 23. The minimum atomic E-state index is -1.05. The summed E-state index contributed by atoms with van der Waals surface area (Å²) < 4.78 is 0. The van der Waals surface area contributed by atoms with Crippen LogP contribution in [0.4, 0.5) is 0 Å². The summed E-state index contributed by atoms with van der Waals surface area (Å²) in [5.74, 6) is -3.63. The summed E-state index contributed by atoms with van der Waals surface area (Å²) >= 11 is 0. The van der Waals surface area contributed by atoms with E-state index in [2.05, 4.69) is 26.6 Å². The highest BCUT2D eigenvalue weighted by Crippen LogP contribution is 2.27. The number of hydrogen-bond acceptors (Lipinski definition) is 8. The average molecular weight is 760 g/mol. The number of unbranched alkanes of at least 4 members (excludes halogenated alkanes) is 2. The predicted octanol–water partition coefficient (Wildman–Crippen LogP) is 2.09. The topological polar surface area (TPSA) is 232 Å². The summed E-state index contributed by atoms with van der Waals surface area (Å²) in [6, 6.07) is 12.8. The van der Waals surface area contributed by atoms with E-state index in [1.807, 2.05) is 13.0 Å². The lowest BCUT2D eigenvalue weighted by atomic mass is 9.84. The normalized spacial score (nSPS) is 14.6. The van der Waals surface area contributed by atoms with Crippen LogP contribution in [0.3, 0.4) is 0 Å². The standard InChI is InChI=1S/C41H57N7O7/c1-2-3-24-44-39(53)33(26-29-17-19-31(20-18-29)38(52)30-14-8-5-9-15-30)47-41(55)34(25-28-12-6-4-7-13-28)48-40(54)32(16-10-11-23-42)46-37(51)22-21-36(50)45-27-35(43)49/h5,8-9,14-15,17-22,28,32-34H,2-4,6-7,10-13,16,23-27,42H2,1H3,(H2,43,49)(H,44,53)(H,45,50)(H,46,51)(H,47,55)(H,48,54)/b22-21+. The maximum absolute atomic E-state index is 14.1. The van der Waals surface area contributed by atoms with Gasteiger partial charge in [0.2, 0.25) is 35.4 Å². The Morgan fingerprint density at radius 2 is 1.35 bits per heavy atom. The van der Waals surface area contributed by atoms with Crippen LogP contribution in [0.1, 0.15) is 99.0 Å². The molecule has 298 valence electrons. The van der Waals surface area contributed by atoms with Gasteiger partial charge in [-0.3, -0.25) is 33.6 Å². The summed E-state index contributed by atoms with van der Waals surface area (Å²) in [7, 11) is 0. The molecule has 1 saturated carbocycles. The van der Waals surface area contributed by atoms with Crippen molar-refractivity contribution in [1.29, 1.82) is 0 Å². The van der Waals surface area contributed by atoms with Gasteiger partial charge in [0.25, 0.3) is 0 Å². The molecular formula is C41H57N7O7. The van der Waals surface area contributed by atoms with Gasteiger partial charge in [0, 0.05) is 36.2 Å². The van der Waals surface area contributed by atoms with Gasteiger partial charge in [-0.05, 0) is 50.1 Å². The van der Waals surface area contributed by atoms with E-state index in [1.165, 1.54) is 0 Å². The molecule has 3 atom stereocenters. The van der Waals surface area contributed by atoms with Crippen molar-refractivity contribution in [2.75, 3.05) is 19.6 Å². The lowest BCUT2D eigenvalue weighted by Gasteiger charge is -2.29. The second-order valence-electron chi connectivity index (χ2n) is 14.0. The van der Waals surface area contributed by atoms with Gasteiger partial charge in [0.1, 0.15) is 18.1 Å². The molecule has 0 saturated heterocycles. The molecule has 14 nitrogen and oxygen atoms in total. The molecule has 9 N–H and O–H groups in total. The first-order chi connectivity index (χ1) is 26.5. The third-order valence-electron chi connectivity index (χ3n) is 9.48. The van der Waals surface area contributed by atoms with Crippen molar-refractivity contribution in [3.05, 3.63) is 83.4 Å². The molecule has 3 rings (SSSR count). The number of hydrogen-bond donors (Lipinski definition) is 7. The van der Waals surface area contributed by atoms with Gasteiger partial charge in [-0.25, -0.2) is 0 Å². The zero-order valence-corrected chi connectivity index (χ0v) is 31.8. The summed E-state index contributed by atoms with van der Waals surface area (Å²) in [5, 5.41) is 13.5. The Morgan fingerprint density at radius 3 is 2.00 bits per heavy atom. The molecule has 1 fully saturated rings. The Hall–Kier alpha value is -5.37. The Labute approximate surface area is 323 Å². The van der Waals surface area contributed by atoms with Crippen molar-refractivity contribution in [3.8, 4) is 0 Å². The SMILES string of the molecule is CCCCNC(=O)C(Cc1ccc(C(=O)c2ccccc2)cc1)NC(=O)C(CC1CCCCC1)NC(=O)C(CCCCN)NC(=O)/C=C/C(=O)NCC(N)=O. The fraction of sp³-hybridized carbons (Fsp3) is 0.488. The van der Waals surface area contributed by atoms with Crippen LogP contribution in [-0.4, -0.2) is 79.0 Å². The molecule has 0 bridgehead atoms. The van der Waals surface area contributed by atoms with Crippen LogP contribution >= 0.6 is 0 Å². The van der Waals surface area contributed by atoms with E-state index < -0.39 is 54.2 Å². The number of benzene rings is 2. The minimum absolute atomic E-state index is 0.130. The van der Waals surface area contributed by atoms with Crippen molar-refractivity contribution < 1.29 is 33.6 Å². The lowest BCUT2D eigenvalue weighted by molar-refractivity contribution is -0.133. The van der Waals surface area contributed by atoms with Crippen molar-refractivity contribution in [3.63, 3.8) is 0 Å². The Bertz CT molecular complexity index is 1610. The molecular weight excluding hydrogens is 702 g/mol. The molecule has 0 spiro atoms. The molecule has 1 aliphatic carbocycles. The second kappa shape index (κ2) is 24.1. The molecule has 14 heteroatoms. The van der Waals surface area contributed by atoms with Gasteiger partial charge in [-0.1, -0.05) is 100 Å². The first-order valence-electron chi connectivity index (χ1n) is 19.3. The Balaban J connectivity index is 1.81. The van der Waals surface area contributed by atoms with Gasteiger partial charge >= 0.3 is 0 Å². The van der Waals surface area contributed by atoms with Crippen molar-refractivity contribution >= 4 is 41.2 Å². The van der Waals surface area contributed by atoms with Crippen LogP contribution in [0.15, 0.2) is 66.7 Å². The molecule has 0 aromatic heterocycles. The molecule has 0 aliphatic heterocycles. The average Bonchev–Trinajstić information content (AvgIpc) is 3.19. The lowest BCUT2D eigenvalue weighted by Crippen LogP contribution is -2.57. The number of ketones is 1. The van der Waals surface area contributed by atoms with Gasteiger partial charge in [-0.2, -0.15) is 0 Å². The fourth-order valence-electron chi connectivity index (χ4n) is 6.40. The quantitative estimate of drug-likeness (QED) is 0.0503. The van der Waals surface area contributed by atoms with Crippen LogP contribution in [0, 0.1) is 5.92 Å². The van der Waals surface area contributed by atoms with E-state index in [-0.39, 0.29) is 30.4 Å². The second-order valence-corrected chi connectivity index (χ2v) is 14.0. The third-order valence-corrected chi connectivity index (χ3v) is 9.48. The highest BCUT2D eigenvalue weighted by molar-refractivity contribution is 6.09. The van der Waals surface area contributed by atoms with E-state index in [0.717, 1.165) is 62.7 Å². The third kappa shape index (κ3) is 16.3. The van der Waals surface area contributed by atoms with E-state index in [1.54, 1.807) is 48.5 Å². The Kier molecular flexibility index (Phi) is 19.3. The van der Waals surface area contributed by atoms with Gasteiger partial charge in [0.15, 0.2) is 5.78 Å². The summed E-state index contributed by atoms with van der Waals surface area (Å²) in [5.41, 5.74) is 12.5. The largest absolute Gasteiger partial charge is 0.368 e. The molecule has 55 heavy (non-hydrogen) atoms. The molecule has 0 radical (unpaired) electrons.